The smallest absolute Gasteiger partial charge is 0.131 e. The number of hydrogen-bond acceptors (Lipinski definition) is 3. The number of hydrogen-bond donors (Lipinski definition) is 1. The number of rotatable bonds is 5. The molecule has 1 atom stereocenters. The highest BCUT2D eigenvalue weighted by molar-refractivity contribution is 7.09. The maximum Gasteiger partial charge on any atom is 0.131 e. The Hall–Kier alpha value is -1.33. The molecule has 5 heteroatoms. The van der Waals surface area contributed by atoms with E-state index in [4.69, 9.17) is 0 Å². The van der Waals surface area contributed by atoms with Gasteiger partial charge in [-0.3, -0.25) is 0 Å². The van der Waals surface area contributed by atoms with Crippen LogP contribution in [-0.4, -0.2) is 11.5 Å². The van der Waals surface area contributed by atoms with E-state index in [0.717, 1.165) is 24.0 Å². The van der Waals surface area contributed by atoms with Gasteiger partial charge in [-0.2, -0.15) is 0 Å². The van der Waals surface area contributed by atoms with Crippen molar-refractivity contribution in [3.8, 4) is 0 Å². The van der Waals surface area contributed by atoms with Gasteiger partial charge in [0.25, 0.3) is 0 Å². The zero-order valence-electron chi connectivity index (χ0n) is 9.99. The van der Waals surface area contributed by atoms with Crippen LogP contribution < -0.4 is 5.32 Å². The first kappa shape index (κ1) is 13.1. The lowest BCUT2D eigenvalue weighted by atomic mass is 10.1. The van der Waals surface area contributed by atoms with Crippen LogP contribution in [-0.2, 0) is 0 Å². The van der Waals surface area contributed by atoms with Crippen LogP contribution in [0.2, 0.25) is 0 Å². The molecule has 0 aliphatic heterocycles. The minimum absolute atomic E-state index is 0.314. The lowest BCUT2D eigenvalue weighted by molar-refractivity contribution is 0.531. The van der Waals surface area contributed by atoms with Crippen LogP contribution in [0.3, 0.4) is 0 Å². The van der Waals surface area contributed by atoms with Crippen molar-refractivity contribution >= 4 is 11.3 Å². The Kier molecular flexibility index (Phi) is 4.38. The standard InChI is InChI=1S/C13H14F2N2S/c1-2-5-16-12(13-17-6-7-18-13)10-4-3-9(14)8-11(10)15/h3-4,6-8,12,16H,2,5H2,1H3. The summed E-state index contributed by atoms with van der Waals surface area (Å²) in [6, 6.07) is 3.33. The summed E-state index contributed by atoms with van der Waals surface area (Å²) in [4.78, 5) is 4.21. The Morgan fingerprint density at radius 2 is 2.22 bits per heavy atom. The summed E-state index contributed by atoms with van der Waals surface area (Å²) in [5.41, 5.74) is 0.430. The van der Waals surface area contributed by atoms with Crippen LogP contribution >= 0.6 is 11.3 Å². The van der Waals surface area contributed by atoms with Crippen LogP contribution in [0.25, 0.3) is 0 Å². The van der Waals surface area contributed by atoms with E-state index in [0.29, 0.717) is 5.56 Å². The SMILES string of the molecule is CCCNC(c1nccs1)c1ccc(F)cc1F. The van der Waals surface area contributed by atoms with Crippen molar-refractivity contribution in [2.45, 2.75) is 19.4 Å². The van der Waals surface area contributed by atoms with E-state index in [9.17, 15) is 8.78 Å². The largest absolute Gasteiger partial charge is 0.304 e. The van der Waals surface area contributed by atoms with Gasteiger partial charge in [-0.1, -0.05) is 13.0 Å². The molecule has 1 aromatic carbocycles. The fourth-order valence-electron chi connectivity index (χ4n) is 1.73. The molecule has 0 bridgehead atoms. The molecule has 0 radical (unpaired) electrons. The number of nitrogens with zero attached hydrogens (tertiary/aromatic N) is 1. The van der Waals surface area contributed by atoms with Crippen LogP contribution in [0.1, 0.15) is 30.0 Å². The molecule has 2 rings (SSSR count). The zero-order chi connectivity index (χ0) is 13.0. The molecule has 2 nitrogen and oxygen atoms in total. The van der Waals surface area contributed by atoms with Crippen LogP contribution in [0.15, 0.2) is 29.8 Å². The second kappa shape index (κ2) is 6.02. The van der Waals surface area contributed by atoms with E-state index in [2.05, 4.69) is 10.3 Å². The molecule has 2 aromatic rings. The number of halogens is 2. The molecule has 96 valence electrons. The molecular formula is C13H14F2N2S. The minimum atomic E-state index is -0.565. The lowest BCUT2D eigenvalue weighted by Crippen LogP contribution is -2.24. The molecule has 0 aliphatic rings. The predicted molar refractivity (Wildman–Crippen MR) is 68.6 cm³/mol. The highest BCUT2D eigenvalue weighted by atomic mass is 32.1. The summed E-state index contributed by atoms with van der Waals surface area (Å²) in [7, 11) is 0. The minimum Gasteiger partial charge on any atom is -0.304 e. The molecule has 0 fully saturated rings. The highest BCUT2D eigenvalue weighted by Gasteiger charge is 2.19. The Labute approximate surface area is 109 Å². The molecular weight excluding hydrogens is 254 g/mol. The van der Waals surface area contributed by atoms with Crippen molar-refractivity contribution in [2.24, 2.45) is 0 Å². The highest BCUT2D eigenvalue weighted by Crippen LogP contribution is 2.26. The van der Waals surface area contributed by atoms with Gasteiger partial charge in [0.1, 0.15) is 16.6 Å². The van der Waals surface area contributed by atoms with Gasteiger partial charge < -0.3 is 5.32 Å². The van der Waals surface area contributed by atoms with Gasteiger partial charge in [0, 0.05) is 23.2 Å². The summed E-state index contributed by atoms with van der Waals surface area (Å²) in [6.07, 6.45) is 2.62. The first-order valence-electron chi connectivity index (χ1n) is 5.80. The summed E-state index contributed by atoms with van der Waals surface area (Å²) in [5, 5.41) is 5.86. The first-order chi connectivity index (χ1) is 8.72. The Morgan fingerprint density at radius 1 is 1.39 bits per heavy atom. The third kappa shape index (κ3) is 2.91. The third-order valence-electron chi connectivity index (χ3n) is 2.57. The molecule has 18 heavy (non-hydrogen) atoms. The second-order valence-electron chi connectivity index (χ2n) is 3.92. The molecule has 1 N–H and O–H groups in total. The van der Waals surface area contributed by atoms with Gasteiger partial charge in [0.2, 0.25) is 0 Å². The van der Waals surface area contributed by atoms with Crippen LogP contribution in [0, 0.1) is 11.6 Å². The number of benzene rings is 1. The summed E-state index contributed by atoms with van der Waals surface area (Å²) < 4.78 is 26.7. The van der Waals surface area contributed by atoms with E-state index in [1.54, 1.807) is 6.20 Å². The average Bonchev–Trinajstić information content (AvgIpc) is 2.85. The quantitative estimate of drug-likeness (QED) is 0.897. The maximum atomic E-state index is 13.8. The number of nitrogens with one attached hydrogen (secondary N) is 1. The van der Waals surface area contributed by atoms with Crippen molar-refractivity contribution < 1.29 is 8.78 Å². The van der Waals surface area contributed by atoms with E-state index < -0.39 is 11.6 Å². The average molecular weight is 268 g/mol. The van der Waals surface area contributed by atoms with Crippen LogP contribution in [0.4, 0.5) is 8.78 Å². The summed E-state index contributed by atoms with van der Waals surface area (Å²) in [5.74, 6) is -1.11. The monoisotopic (exact) mass is 268 g/mol. The van der Waals surface area contributed by atoms with Gasteiger partial charge in [-0.05, 0) is 19.0 Å². The fourth-order valence-corrected chi connectivity index (χ4v) is 2.46. The van der Waals surface area contributed by atoms with Crippen molar-refractivity contribution in [2.75, 3.05) is 6.54 Å². The van der Waals surface area contributed by atoms with Crippen molar-refractivity contribution in [3.63, 3.8) is 0 Å². The normalized spacial score (nSPS) is 12.6. The van der Waals surface area contributed by atoms with Gasteiger partial charge in [-0.25, -0.2) is 13.8 Å². The second-order valence-corrected chi connectivity index (χ2v) is 4.85. The molecule has 0 spiro atoms. The van der Waals surface area contributed by atoms with Crippen molar-refractivity contribution in [1.82, 2.24) is 10.3 Å². The molecule has 1 aromatic heterocycles. The molecule has 1 heterocycles. The zero-order valence-corrected chi connectivity index (χ0v) is 10.8. The lowest BCUT2D eigenvalue weighted by Gasteiger charge is -2.17. The summed E-state index contributed by atoms with van der Waals surface area (Å²) in [6.45, 7) is 2.79. The summed E-state index contributed by atoms with van der Waals surface area (Å²) >= 11 is 1.46. The van der Waals surface area contributed by atoms with E-state index in [1.807, 2.05) is 12.3 Å². The van der Waals surface area contributed by atoms with E-state index in [1.165, 1.54) is 23.5 Å². The van der Waals surface area contributed by atoms with Gasteiger partial charge in [-0.15, -0.1) is 11.3 Å². The Balaban J connectivity index is 2.33. The third-order valence-corrected chi connectivity index (χ3v) is 3.41. The Bertz CT molecular complexity index is 500. The molecule has 0 aliphatic carbocycles. The van der Waals surface area contributed by atoms with E-state index in [-0.39, 0.29) is 6.04 Å². The van der Waals surface area contributed by atoms with E-state index >= 15 is 0 Å². The van der Waals surface area contributed by atoms with Crippen LogP contribution in [0.5, 0.6) is 0 Å². The molecule has 1 unspecified atom stereocenters. The van der Waals surface area contributed by atoms with Gasteiger partial charge in [0.15, 0.2) is 0 Å². The Morgan fingerprint density at radius 3 is 2.83 bits per heavy atom. The van der Waals surface area contributed by atoms with Gasteiger partial charge >= 0.3 is 0 Å². The fraction of sp³-hybridized carbons (Fsp3) is 0.308. The van der Waals surface area contributed by atoms with Crippen molar-refractivity contribution in [1.29, 1.82) is 0 Å². The van der Waals surface area contributed by atoms with Crippen molar-refractivity contribution in [3.05, 3.63) is 52.0 Å². The first-order valence-corrected chi connectivity index (χ1v) is 6.68. The maximum absolute atomic E-state index is 13.8. The number of aromatic nitrogens is 1. The number of thiazole rings is 1. The van der Waals surface area contributed by atoms with Gasteiger partial charge in [0.05, 0.1) is 6.04 Å². The molecule has 0 saturated carbocycles. The topological polar surface area (TPSA) is 24.9 Å². The molecule has 0 saturated heterocycles. The molecule has 0 amide bonds. The predicted octanol–water partition coefficient (Wildman–Crippen LogP) is 3.51.